The number of nitrogens with zero attached hydrogens (tertiary/aromatic N) is 1. The van der Waals surface area contributed by atoms with Gasteiger partial charge in [0.15, 0.2) is 23.0 Å². The first-order valence-corrected chi connectivity index (χ1v) is 4.34. The second-order valence-electron chi connectivity index (χ2n) is 3.23. The van der Waals surface area contributed by atoms with Crippen molar-refractivity contribution in [2.24, 2.45) is 5.92 Å². The highest BCUT2D eigenvalue weighted by molar-refractivity contribution is 5.98. The number of Topliss-reactive ketones (excluding diaryl/α,β-unsaturated/α-hetero) is 1. The van der Waals surface area contributed by atoms with E-state index >= 15 is 0 Å². The van der Waals surface area contributed by atoms with Crippen LogP contribution in [0.1, 0.15) is 24.3 Å². The molecule has 0 spiro atoms. The third kappa shape index (κ3) is 1.84. The molecular weight excluding hydrogens is 182 g/mol. The Bertz CT molecular complexity index is 347. The maximum atomic E-state index is 11.6. The van der Waals surface area contributed by atoms with Gasteiger partial charge in [-0.05, 0) is 0 Å². The van der Waals surface area contributed by atoms with E-state index in [0.717, 1.165) is 0 Å². The normalized spacial score (nSPS) is 10.3. The van der Waals surface area contributed by atoms with Crippen molar-refractivity contribution in [2.75, 3.05) is 7.11 Å². The van der Waals surface area contributed by atoms with Gasteiger partial charge >= 0.3 is 0 Å². The Morgan fingerprint density at radius 3 is 2.71 bits per heavy atom. The van der Waals surface area contributed by atoms with Gasteiger partial charge in [0.1, 0.15) is 0 Å². The van der Waals surface area contributed by atoms with Gasteiger partial charge in [0.25, 0.3) is 0 Å². The summed E-state index contributed by atoms with van der Waals surface area (Å²) in [7, 11) is 1.43. The highest BCUT2D eigenvalue weighted by Crippen LogP contribution is 2.28. The van der Waals surface area contributed by atoms with Crippen LogP contribution in [0, 0.1) is 5.92 Å². The van der Waals surface area contributed by atoms with Crippen LogP contribution < -0.4 is 4.74 Å². The fraction of sp³-hybridized carbons (Fsp3) is 0.400. The predicted molar refractivity (Wildman–Crippen MR) is 51.6 cm³/mol. The Labute approximate surface area is 82.5 Å². The lowest BCUT2D eigenvalue weighted by atomic mass is 10.1. The number of hydrogen-bond donors (Lipinski definition) is 1. The average molecular weight is 195 g/mol. The second kappa shape index (κ2) is 4.09. The molecule has 0 radical (unpaired) electrons. The number of methoxy groups -OCH3 is 1. The number of aromatic nitrogens is 1. The fourth-order valence-corrected chi connectivity index (χ4v) is 1.05. The topological polar surface area (TPSA) is 59.4 Å². The summed E-state index contributed by atoms with van der Waals surface area (Å²) in [6, 6.07) is 1.51. The van der Waals surface area contributed by atoms with Crippen LogP contribution in [0.25, 0.3) is 0 Å². The van der Waals surface area contributed by atoms with Crippen LogP contribution in [0.15, 0.2) is 12.3 Å². The monoisotopic (exact) mass is 195 g/mol. The van der Waals surface area contributed by atoms with E-state index in [4.69, 9.17) is 4.74 Å². The lowest BCUT2D eigenvalue weighted by Crippen LogP contribution is -2.10. The molecule has 0 aliphatic carbocycles. The molecule has 14 heavy (non-hydrogen) atoms. The fourth-order valence-electron chi connectivity index (χ4n) is 1.05. The van der Waals surface area contributed by atoms with Gasteiger partial charge in [0.05, 0.1) is 7.11 Å². The second-order valence-corrected chi connectivity index (χ2v) is 3.23. The zero-order valence-corrected chi connectivity index (χ0v) is 8.44. The van der Waals surface area contributed by atoms with Crippen molar-refractivity contribution in [3.05, 3.63) is 18.0 Å². The molecule has 0 bridgehead atoms. The summed E-state index contributed by atoms with van der Waals surface area (Å²) in [6.45, 7) is 3.51. The van der Waals surface area contributed by atoms with Crippen molar-refractivity contribution in [3.63, 3.8) is 0 Å². The smallest absolute Gasteiger partial charge is 0.187 e. The average Bonchev–Trinajstić information content (AvgIpc) is 2.17. The van der Waals surface area contributed by atoms with E-state index < -0.39 is 0 Å². The molecule has 4 nitrogen and oxygen atoms in total. The maximum Gasteiger partial charge on any atom is 0.187 e. The summed E-state index contributed by atoms with van der Waals surface area (Å²) in [5, 5.41) is 9.60. The summed E-state index contributed by atoms with van der Waals surface area (Å²) < 4.78 is 4.87. The van der Waals surface area contributed by atoms with Crippen LogP contribution >= 0.6 is 0 Å². The number of carbonyl (C=O) groups excluding carboxylic acids is 1. The molecule has 0 saturated carbocycles. The minimum absolute atomic E-state index is 0.0688. The van der Waals surface area contributed by atoms with Gasteiger partial charge in [0, 0.05) is 18.2 Å². The number of aromatic hydroxyl groups is 1. The van der Waals surface area contributed by atoms with Crippen LogP contribution in [0.3, 0.4) is 0 Å². The predicted octanol–water partition coefficient (Wildman–Crippen LogP) is 1.63. The molecule has 76 valence electrons. The number of ether oxygens (including phenoxy) is 1. The molecule has 1 N–H and O–H groups in total. The molecule has 0 fully saturated rings. The molecule has 0 unspecified atom stereocenters. The summed E-state index contributed by atoms with van der Waals surface area (Å²) in [4.78, 5) is 15.4. The number of ketones is 1. The van der Waals surface area contributed by atoms with Crippen LogP contribution in [0.4, 0.5) is 0 Å². The summed E-state index contributed by atoms with van der Waals surface area (Å²) in [5.74, 6) is -0.306. The van der Waals surface area contributed by atoms with E-state index in [0.29, 0.717) is 0 Å². The van der Waals surface area contributed by atoms with Gasteiger partial charge in [-0.1, -0.05) is 13.8 Å². The number of rotatable bonds is 3. The van der Waals surface area contributed by atoms with Crippen molar-refractivity contribution in [3.8, 4) is 11.5 Å². The number of pyridine rings is 1. The third-order valence-corrected chi connectivity index (χ3v) is 1.86. The minimum Gasteiger partial charge on any atom is -0.503 e. The Kier molecular flexibility index (Phi) is 3.06. The Morgan fingerprint density at radius 1 is 1.57 bits per heavy atom. The van der Waals surface area contributed by atoms with Gasteiger partial charge in [-0.2, -0.15) is 0 Å². The highest BCUT2D eigenvalue weighted by Gasteiger charge is 2.18. The van der Waals surface area contributed by atoms with Crippen molar-refractivity contribution < 1.29 is 14.6 Å². The molecule has 0 saturated heterocycles. The molecule has 0 amide bonds. The van der Waals surface area contributed by atoms with Gasteiger partial charge in [-0.3, -0.25) is 4.79 Å². The van der Waals surface area contributed by atoms with Crippen LogP contribution in [-0.2, 0) is 0 Å². The summed E-state index contributed by atoms with van der Waals surface area (Å²) in [6.07, 6.45) is 1.44. The molecule has 0 aliphatic heterocycles. The van der Waals surface area contributed by atoms with E-state index in [1.807, 2.05) is 0 Å². The van der Waals surface area contributed by atoms with E-state index in [1.165, 1.54) is 19.4 Å². The van der Waals surface area contributed by atoms with Gasteiger partial charge < -0.3 is 9.84 Å². The molecule has 0 aliphatic rings. The quantitative estimate of drug-likeness (QED) is 0.745. The molecule has 1 aromatic rings. The van der Waals surface area contributed by atoms with E-state index in [2.05, 4.69) is 4.98 Å². The summed E-state index contributed by atoms with van der Waals surface area (Å²) >= 11 is 0. The third-order valence-electron chi connectivity index (χ3n) is 1.86. The van der Waals surface area contributed by atoms with Gasteiger partial charge in [-0.15, -0.1) is 0 Å². The van der Waals surface area contributed by atoms with Gasteiger partial charge in [0.2, 0.25) is 0 Å². The molecular formula is C10H13NO3. The van der Waals surface area contributed by atoms with Crippen LogP contribution in [0.5, 0.6) is 11.5 Å². The minimum atomic E-state index is -0.194. The Balaban J connectivity index is 3.16. The van der Waals surface area contributed by atoms with Crippen molar-refractivity contribution in [2.45, 2.75) is 13.8 Å². The number of carbonyl (C=O) groups is 1. The molecule has 4 heteroatoms. The zero-order valence-electron chi connectivity index (χ0n) is 8.44. The molecule has 1 rings (SSSR count). The SMILES string of the molecule is COc1ccnc(C(=O)C(C)C)c1O. The first-order chi connectivity index (χ1) is 6.57. The molecule has 1 heterocycles. The Hall–Kier alpha value is -1.58. The van der Waals surface area contributed by atoms with E-state index in [-0.39, 0.29) is 28.9 Å². The highest BCUT2D eigenvalue weighted by atomic mass is 16.5. The van der Waals surface area contributed by atoms with Crippen molar-refractivity contribution in [1.29, 1.82) is 0 Å². The summed E-state index contributed by atoms with van der Waals surface area (Å²) in [5.41, 5.74) is 0.0688. The van der Waals surface area contributed by atoms with Crippen molar-refractivity contribution in [1.82, 2.24) is 4.98 Å². The molecule has 1 aromatic heterocycles. The lowest BCUT2D eigenvalue weighted by Gasteiger charge is -2.08. The molecule has 0 aromatic carbocycles. The van der Waals surface area contributed by atoms with Crippen LogP contribution in [0.2, 0.25) is 0 Å². The first-order valence-electron chi connectivity index (χ1n) is 4.34. The van der Waals surface area contributed by atoms with Gasteiger partial charge in [-0.25, -0.2) is 4.98 Å². The molecule has 0 atom stereocenters. The van der Waals surface area contributed by atoms with E-state index in [1.54, 1.807) is 13.8 Å². The number of hydrogen-bond acceptors (Lipinski definition) is 4. The zero-order chi connectivity index (χ0) is 10.7. The van der Waals surface area contributed by atoms with Crippen molar-refractivity contribution >= 4 is 5.78 Å². The lowest BCUT2D eigenvalue weighted by molar-refractivity contribution is 0.0930. The largest absolute Gasteiger partial charge is 0.503 e. The standard InChI is InChI=1S/C10H13NO3/c1-6(2)9(12)8-10(13)7(14-3)4-5-11-8/h4-6,13H,1-3H3. The first kappa shape index (κ1) is 10.5. The Morgan fingerprint density at radius 2 is 2.21 bits per heavy atom. The van der Waals surface area contributed by atoms with E-state index in [9.17, 15) is 9.90 Å². The maximum absolute atomic E-state index is 11.6. The van der Waals surface area contributed by atoms with Crippen LogP contribution in [-0.4, -0.2) is 23.0 Å².